The molecule has 0 saturated carbocycles. The van der Waals surface area contributed by atoms with Crippen LogP contribution in [-0.4, -0.2) is 43.0 Å². The number of hydrogen-bond acceptors (Lipinski definition) is 4. The van der Waals surface area contributed by atoms with Gasteiger partial charge in [-0.15, -0.1) is 0 Å². The summed E-state index contributed by atoms with van der Waals surface area (Å²) in [6.07, 6.45) is -2.52. The Kier molecular flexibility index (Phi) is 7.32. The number of alkyl halides is 3. The van der Waals surface area contributed by atoms with Crippen molar-refractivity contribution in [2.75, 3.05) is 31.1 Å². The summed E-state index contributed by atoms with van der Waals surface area (Å²) in [5, 5.41) is 5.40. The van der Waals surface area contributed by atoms with E-state index in [1.165, 1.54) is 24.3 Å². The Balaban J connectivity index is 1.39. The van der Waals surface area contributed by atoms with Crippen molar-refractivity contribution in [1.29, 1.82) is 0 Å². The number of amides is 2. The average molecular weight is 452 g/mol. The van der Waals surface area contributed by atoms with Crippen LogP contribution in [-0.2, 0) is 11.0 Å². The van der Waals surface area contributed by atoms with E-state index in [1.54, 1.807) is 6.92 Å². The van der Waals surface area contributed by atoms with Crippen LogP contribution in [0.2, 0.25) is 0 Å². The summed E-state index contributed by atoms with van der Waals surface area (Å²) in [6, 6.07) is 6.57. The van der Waals surface area contributed by atoms with Crippen molar-refractivity contribution in [3.63, 3.8) is 0 Å². The molecule has 6 nitrogen and oxygen atoms in total. The van der Waals surface area contributed by atoms with Crippen LogP contribution >= 0.6 is 0 Å². The molecule has 0 atom stereocenters. The van der Waals surface area contributed by atoms with Gasteiger partial charge in [0.2, 0.25) is 5.91 Å². The van der Waals surface area contributed by atoms with Crippen LogP contribution in [0.25, 0.3) is 0 Å². The molecule has 0 spiro atoms. The Morgan fingerprint density at radius 2 is 1.78 bits per heavy atom. The van der Waals surface area contributed by atoms with Gasteiger partial charge >= 0.3 is 6.18 Å². The zero-order chi connectivity index (χ0) is 23.3. The van der Waals surface area contributed by atoms with Gasteiger partial charge in [-0.1, -0.05) is 6.07 Å². The van der Waals surface area contributed by atoms with E-state index in [0.717, 1.165) is 12.3 Å². The molecule has 2 heterocycles. The molecular weight excluding hydrogens is 428 g/mol. The largest absolute Gasteiger partial charge is 0.417 e. The van der Waals surface area contributed by atoms with E-state index in [4.69, 9.17) is 0 Å². The van der Waals surface area contributed by atoms with Gasteiger partial charge in [0.15, 0.2) is 0 Å². The highest BCUT2D eigenvalue weighted by Gasteiger charge is 2.31. The van der Waals surface area contributed by atoms with Crippen molar-refractivity contribution >= 4 is 17.6 Å². The van der Waals surface area contributed by atoms with Gasteiger partial charge < -0.3 is 15.5 Å². The Bertz CT molecular complexity index is 955. The zero-order valence-electron chi connectivity index (χ0n) is 17.5. The monoisotopic (exact) mass is 452 g/mol. The lowest BCUT2D eigenvalue weighted by atomic mass is 9.96. The number of piperidine rings is 1. The molecule has 32 heavy (non-hydrogen) atoms. The van der Waals surface area contributed by atoms with Gasteiger partial charge in [0.05, 0.1) is 5.56 Å². The lowest BCUT2D eigenvalue weighted by Gasteiger charge is -2.32. The van der Waals surface area contributed by atoms with E-state index in [1.807, 2.05) is 4.90 Å². The molecular formula is C22H24F4N4O2. The van der Waals surface area contributed by atoms with Crippen molar-refractivity contribution in [3.8, 4) is 0 Å². The van der Waals surface area contributed by atoms with Gasteiger partial charge in [0.25, 0.3) is 5.91 Å². The highest BCUT2D eigenvalue weighted by atomic mass is 19.4. The second kappa shape index (κ2) is 9.97. The lowest BCUT2D eigenvalue weighted by Crippen LogP contribution is -2.42. The highest BCUT2D eigenvalue weighted by Crippen LogP contribution is 2.30. The second-order valence-electron chi connectivity index (χ2n) is 7.68. The highest BCUT2D eigenvalue weighted by molar-refractivity contribution is 5.94. The molecule has 0 aliphatic carbocycles. The van der Waals surface area contributed by atoms with Gasteiger partial charge in [-0.25, -0.2) is 9.37 Å². The summed E-state index contributed by atoms with van der Waals surface area (Å²) in [7, 11) is 0. The summed E-state index contributed by atoms with van der Waals surface area (Å²) in [4.78, 5) is 30.1. The van der Waals surface area contributed by atoms with Crippen LogP contribution in [0.4, 0.5) is 23.4 Å². The van der Waals surface area contributed by atoms with Crippen molar-refractivity contribution in [2.24, 2.45) is 5.92 Å². The number of nitrogens with one attached hydrogen (secondary N) is 2. The first-order valence-electron chi connectivity index (χ1n) is 10.3. The third kappa shape index (κ3) is 5.95. The third-order valence-electron chi connectivity index (χ3n) is 5.41. The summed E-state index contributed by atoms with van der Waals surface area (Å²) in [5.41, 5.74) is -0.132. The number of pyridine rings is 1. The van der Waals surface area contributed by atoms with Crippen LogP contribution in [0.1, 0.15) is 34.3 Å². The first kappa shape index (κ1) is 23.5. The summed E-state index contributed by atoms with van der Waals surface area (Å²) in [6.45, 7) is 3.06. The molecule has 0 bridgehead atoms. The molecule has 1 aliphatic heterocycles. The van der Waals surface area contributed by atoms with Crippen LogP contribution in [0.3, 0.4) is 0 Å². The molecule has 1 fully saturated rings. The van der Waals surface area contributed by atoms with Gasteiger partial charge in [-0.2, -0.15) is 13.2 Å². The van der Waals surface area contributed by atoms with Crippen molar-refractivity contribution in [3.05, 3.63) is 59.0 Å². The van der Waals surface area contributed by atoms with Gasteiger partial charge in [-0.3, -0.25) is 9.59 Å². The first-order chi connectivity index (χ1) is 15.1. The Labute approximate surface area is 183 Å². The maximum absolute atomic E-state index is 13.6. The van der Waals surface area contributed by atoms with Gasteiger partial charge in [0.1, 0.15) is 11.6 Å². The lowest BCUT2D eigenvalue weighted by molar-refractivity contribution is -0.137. The number of carbonyl (C=O) groups is 2. The normalized spacial score (nSPS) is 14.8. The van der Waals surface area contributed by atoms with E-state index >= 15 is 0 Å². The number of aryl methyl sites for hydroxylation is 1. The fourth-order valence-corrected chi connectivity index (χ4v) is 3.45. The predicted molar refractivity (Wildman–Crippen MR) is 111 cm³/mol. The Morgan fingerprint density at radius 1 is 1.09 bits per heavy atom. The maximum Gasteiger partial charge on any atom is 0.417 e. The fraction of sp³-hybridized carbons (Fsp3) is 0.409. The summed E-state index contributed by atoms with van der Waals surface area (Å²) >= 11 is 0. The van der Waals surface area contributed by atoms with E-state index in [9.17, 15) is 27.2 Å². The number of nitrogens with zero attached hydrogens (tertiary/aromatic N) is 2. The molecule has 3 rings (SSSR count). The Morgan fingerprint density at radius 3 is 2.38 bits per heavy atom. The van der Waals surface area contributed by atoms with Crippen LogP contribution in [0, 0.1) is 18.7 Å². The molecule has 2 N–H and O–H groups in total. The van der Waals surface area contributed by atoms with Crippen molar-refractivity contribution in [2.45, 2.75) is 25.9 Å². The Hall–Kier alpha value is -3.17. The molecule has 2 aromatic rings. The minimum atomic E-state index is -4.42. The van der Waals surface area contributed by atoms with Crippen LogP contribution in [0.15, 0.2) is 36.5 Å². The molecule has 1 aromatic heterocycles. The smallest absolute Gasteiger partial charge is 0.357 e. The van der Waals surface area contributed by atoms with Crippen LogP contribution < -0.4 is 15.5 Å². The van der Waals surface area contributed by atoms with Crippen molar-refractivity contribution < 1.29 is 27.2 Å². The first-order valence-corrected chi connectivity index (χ1v) is 10.3. The third-order valence-corrected chi connectivity index (χ3v) is 5.41. The number of benzene rings is 1. The SMILES string of the molecule is Cc1ccc(C(=O)NCCNC(=O)C2CCN(c3ccc(C(F)(F)F)cn3)CC2)cc1F. The zero-order valence-corrected chi connectivity index (χ0v) is 17.5. The van der Waals surface area contributed by atoms with Crippen LogP contribution in [0.5, 0.6) is 0 Å². The van der Waals surface area contributed by atoms with Crippen molar-refractivity contribution in [1.82, 2.24) is 15.6 Å². The van der Waals surface area contributed by atoms with E-state index in [-0.39, 0.29) is 30.5 Å². The maximum atomic E-state index is 13.6. The quantitative estimate of drug-likeness (QED) is 0.521. The van der Waals surface area contributed by atoms with E-state index in [0.29, 0.717) is 37.3 Å². The van der Waals surface area contributed by atoms with Gasteiger partial charge in [-0.05, 0) is 49.6 Å². The predicted octanol–water partition coefficient (Wildman–Crippen LogP) is 3.31. The van der Waals surface area contributed by atoms with E-state index < -0.39 is 23.5 Å². The topological polar surface area (TPSA) is 74.3 Å². The molecule has 172 valence electrons. The number of carbonyl (C=O) groups excluding carboxylic acids is 2. The molecule has 10 heteroatoms. The number of rotatable bonds is 6. The van der Waals surface area contributed by atoms with Gasteiger partial charge in [0, 0.05) is 43.9 Å². The number of anilines is 1. The number of hydrogen-bond donors (Lipinski definition) is 2. The summed E-state index contributed by atoms with van der Waals surface area (Å²) in [5.74, 6) is -0.783. The fourth-order valence-electron chi connectivity index (χ4n) is 3.45. The molecule has 1 saturated heterocycles. The molecule has 2 amide bonds. The molecule has 1 aromatic carbocycles. The minimum Gasteiger partial charge on any atom is -0.357 e. The standard InChI is InChI=1S/C22H24F4N4O2/c1-14-2-3-16(12-18(14)23)21(32)28-9-8-27-20(31)15-6-10-30(11-7-15)19-5-4-17(13-29-19)22(24,25)26/h2-5,12-13,15H,6-11H2,1H3,(H,27,31)(H,28,32). The average Bonchev–Trinajstić information content (AvgIpc) is 2.78. The molecule has 0 unspecified atom stereocenters. The summed E-state index contributed by atoms with van der Waals surface area (Å²) < 4.78 is 51.5. The molecule has 0 radical (unpaired) electrons. The number of halogens is 4. The second-order valence-corrected chi connectivity index (χ2v) is 7.68. The van der Waals surface area contributed by atoms with E-state index in [2.05, 4.69) is 15.6 Å². The number of aromatic nitrogens is 1. The molecule has 1 aliphatic rings. The minimum absolute atomic E-state index is 0.138.